The van der Waals surface area contributed by atoms with Crippen LogP contribution in [0.3, 0.4) is 0 Å². The van der Waals surface area contributed by atoms with Crippen molar-refractivity contribution in [1.29, 1.82) is 0 Å². The highest BCUT2D eigenvalue weighted by Crippen LogP contribution is 2.36. The molecule has 142 valence electrons. The number of benzene rings is 1. The molecule has 27 heavy (non-hydrogen) atoms. The molecule has 0 atom stereocenters. The summed E-state index contributed by atoms with van der Waals surface area (Å²) in [6, 6.07) is 7.55. The maximum absolute atomic E-state index is 9.60. The third kappa shape index (κ3) is 3.48. The highest BCUT2D eigenvalue weighted by Gasteiger charge is 2.24. The topological polar surface area (TPSA) is 89.4 Å². The van der Waals surface area contributed by atoms with Crippen LogP contribution in [0.4, 0.5) is 5.82 Å². The Morgan fingerprint density at radius 1 is 1.19 bits per heavy atom. The summed E-state index contributed by atoms with van der Waals surface area (Å²) in [5.74, 6) is 0.731. The minimum atomic E-state index is 0.246. The highest BCUT2D eigenvalue weighted by atomic mass is 16.5. The number of aromatic hydroxyl groups is 1. The Bertz CT molecular complexity index is 914. The number of methoxy groups -OCH3 is 1. The van der Waals surface area contributed by atoms with Gasteiger partial charge in [0.1, 0.15) is 23.5 Å². The van der Waals surface area contributed by atoms with Crippen LogP contribution in [0, 0.1) is 0 Å². The average Bonchev–Trinajstić information content (AvgIpc) is 3.08. The Kier molecular flexibility index (Phi) is 4.96. The molecule has 3 heterocycles. The first-order valence-corrected chi connectivity index (χ1v) is 9.29. The molecule has 1 aliphatic rings. The van der Waals surface area contributed by atoms with E-state index >= 15 is 0 Å². The van der Waals surface area contributed by atoms with Crippen molar-refractivity contribution in [1.82, 2.24) is 19.4 Å². The Morgan fingerprint density at radius 2 is 1.93 bits per heavy atom. The monoisotopic (exact) mass is 367 g/mol. The predicted molar refractivity (Wildman–Crippen MR) is 106 cm³/mol. The molecule has 0 aliphatic carbocycles. The summed E-state index contributed by atoms with van der Waals surface area (Å²) in [7, 11) is 1.74. The summed E-state index contributed by atoms with van der Waals surface area (Å²) >= 11 is 0. The minimum Gasteiger partial charge on any atom is -0.508 e. The van der Waals surface area contributed by atoms with E-state index in [0.717, 1.165) is 61.2 Å². The Hall–Kier alpha value is -2.64. The van der Waals surface area contributed by atoms with Gasteiger partial charge in [-0.05, 0) is 30.5 Å². The molecular weight excluding hydrogens is 342 g/mol. The fourth-order valence-electron chi connectivity index (χ4n) is 3.89. The van der Waals surface area contributed by atoms with Crippen LogP contribution in [0.2, 0.25) is 0 Å². The maximum Gasteiger partial charge on any atom is 0.146 e. The quantitative estimate of drug-likeness (QED) is 0.721. The van der Waals surface area contributed by atoms with Gasteiger partial charge in [0.15, 0.2) is 0 Å². The van der Waals surface area contributed by atoms with Crippen molar-refractivity contribution in [3.05, 3.63) is 36.8 Å². The molecule has 0 saturated carbocycles. The van der Waals surface area contributed by atoms with Gasteiger partial charge in [-0.3, -0.25) is 0 Å². The largest absolute Gasteiger partial charge is 0.508 e. The number of piperidine rings is 1. The normalized spacial score (nSPS) is 16.2. The minimum absolute atomic E-state index is 0.246. The first kappa shape index (κ1) is 17.8. The van der Waals surface area contributed by atoms with E-state index in [1.54, 1.807) is 19.2 Å². The van der Waals surface area contributed by atoms with Crippen LogP contribution >= 0.6 is 0 Å². The van der Waals surface area contributed by atoms with Crippen LogP contribution in [0.15, 0.2) is 36.8 Å². The summed E-state index contributed by atoms with van der Waals surface area (Å²) in [6.07, 6.45) is 5.79. The van der Waals surface area contributed by atoms with Crippen LogP contribution < -0.4 is 5.73 Å². The number of rotatable bonds is 5. The first-order valence-electron chi connectivity index (χ1n) is 9.29. The molecule has 0 amide bonds. The number of phenols is 1. The molecule has 7 heteroatoms. The molecule has 1 aliphatic heterocycles. The van der Waals surface area contributed by atoms with E-state index in [1.807, 2.05) is 12.1 Å². The maximum atomic E-state index is 9.60. The second-order valence-corrected chi connectivity index (χ2v) is 7.02. The lowest BCUT2D eigenvalue weighted by Gasteiger charge is -2.32. The number of likely N-dealkylation sites (tertiary alicyclic amines) is 1. The summed E-state index contributed by atoms with van der Waals surface area (Å²) in [5, 5.41) is 10.5. The van der Waals surface area contributed by atoms with Gasteiger partial charge in [-0.2, -0.15) is 0 Å². The van der Waals surface area contributed by atoms with Gasteiger partial charge >= 0.3 is 0 Å². The first-order chi connectivity index (χ1) is 13.2. The third-order valence-electron chi connectivity index (χ3n) is 5.38. The molecule has 0 unspecified atom stereocenters. The fraction of sp³-hybridized carbons (Fsp3) is 0.400. The second-order valence-electron chi connectivity index (χ2n) is 7.02. The zero-order valence-electron chi connectivity index (χ0n) is 15.5. The Labute approximate surface area is 158 Å². The van der Waals surface area contributed by atoms with Gasteiger partial charge in [-0.15, -0.1) is 0 Å². The summed E-state index contributed by atoms with van der Waals surface area (Å²) < 4.78 is 7.45. The van der Waals surface area contributed by atoms with Gasteiger partial charge < -0.3 is 25.0 Å². The van der Waals surface area contributed by atoms with E-state index in [2.05, 4.69) is 25.6 Å². The third-order valence-corrected chi connectivity index (χ3v) is 5.38. The van der Waals surface area contributed by atoms with Crippen molar-refractivity contribution in [2.24, 2.45) is 0 Å². The average molecular weight is 367 g/mol. The van der Waals surface area contributed by atoms with E-state index in [4.69, 9.17) is 10.5 Å². The van der Waals surface area contributed by atoms with E-state index in [1.165, 1.54) is 6.33 Å². The molecule has 0 radical (unpaired) electrons. The molecule has 0 spiro atoms. The number of hydrogen-bond donors (Lipinski definition) is 2. The van der Waals surface area contributed by atoms with Gasteiger partial charge in [0.05, 0.1) is 12.0 Å². The number of hydrogen-bond acceptors (Lipinski definition) is 6. The molecular formula is C20H25N5O2. The predicted octanol–water partition coefficient (Wildman–Crippen LogP) is 2.67. The number of ether oxygens (including phenoxy) is 1. The molecule has 1 saturated heterocycles. The van der Waals surface area contributed by atoms with Crippen LogP contribution in [-0.4, -0.2) is 57.9 Å². The van der Waals surface area contributed by atoms with Gasteiger partial charge in [-0.1, -0.05) is 12.1 Å². The summed E-state index contributed by atoms with van der Waals surface area (Å²) in [6.45, 7) is 3.83. The SMILES string of the molecule is COCCN1CCC(n2cc(-c3ccc(O)cc3)c3c(N)ncnc32)CC1. The van der Waals surface area contributed by atoms with Gasteiger partial charge in [-0.25, -0.2) is 9.97 Å². The molecule has 0 bridgehead atoms. The number of nitrogens with zero attached hydrogens (tertiary/aromatic N) is 4. The Morgan fingerprint density at radius 3 is 2.63 bits per heavy atom. The lowest BCUT2D eigenvalue weighted by molar-refractivity contribution is 0.122. The van der Waals surface area contributed by atoms with Gasteiger partial charge in [0, 0.05) is 44.5 Å². The molecule has 2 aromatic heterocycles. The lowest BCUT2D eigenvalue weighted by Crippen LogP contribution is -2.36. The van der Waals surface area contributed by atoms with Crippen molar-refractivity contribution in [2.75, 3.05) is 39.1 Å². The van der Waals surface area contributed by atoms with Crippen molar-refractivity contribution >= 4 is 16.9 Å². The van der Waals surface area contributed by atoms with E-state index in [9.17, 15) is 5.11 Å². The van der Waals surface area contributed by atoms with Crippen molar-refractivity contribution in [3.8, 4) is 16.9 Å². The number of anilines is 1. The number of phenolic OH excluding ortho intramolecular Hbond substituents is 1. The lowest BCUT2D eigenvalue weighted by atomic mass is 10.0. The molecule has 7 nitrogen and oxygen atoms in total. The van der Waals surface area contributed by atoms with Crippen LogP contribution in [0.25, 0.3) is 22.2 Å². The standard InChI is InChI=1S/C20H25N5O2/c1-27-11-10-24-8-6-15(7-9-24)25-12-17(14-2-4-16(26)5-3-14)18-19(21)22-13-23-20(18)25/h2-5,12-13,15,26H,6-11H2,1H3,(H2,21,22,23). The number of nitrogens with two attached hydrogens (primary N) is 1. The van der Waals surface area contributed by atoms with Crippen molar-refractivity contribution in [3.63, 3.8) is 0 Å². The summed E-state index contributed by atoms with van der Waals surface area (Å²) in [5.41, 5.74) is 9.08. The molecule has 3 aromatic rings. The molecule has 4 rings (SSSR count). The van der Waals surface area contributed by atoms with Gasteiger partial charge in [0.25, 0.3) is 0 Å². The number of aromatic nitrogens is 3. The molecule has 3 N–H and O–H groups in total. The second kappa shape index (κ2) is 7.54. The zero-order valence-corrected chi connectivity index (χ0v) is 15.5. The number of nitrogen functional groups attached to an aromatic ring is 1. The van der Waals surface area contributed by atoms with Gasteiger partial charge in [0.2, 0.25) is 0 Å². The van der Waals surface area contributed by atoms with E-state index < -0.39 is 0 Å². The number of fused-ring (bicyclic) bond motifs is 1. The smallest absolute Gasteiger partial charge is 0.146 e. The van der Waals surface area contributed by atoms with E-state index in [0.29, 0.717) is 11.9 Å². The van der Waals surface area contributed by atoms with Crippen LogP contribution in [-0.2, 0) is 4.74 Å². The summed E-state index contributed by atoms with van der Waals surface area (Å²) in [4.78, 5) is 11.2. The van der Waals surface area contributed by atoms with Crippen molar-refractivity contribution < 1.29 is 9.84 Å². The van der Waals surface area contributed by atoms with Crippen molar-refractivity contribution in [2.45, 2.75) is 18.9 Å². The highest BCUT2D eigenvalue weighted by molar-refractivity contribution is 6.00. The van der Waals surface area contributed by atoms with E-state index in [-0.39, 0.29) is 5.75 Å². The van der Waals surface area contributed by atoms with Crippen LogP contribution in [0.5, 0.6) is 5.75 Å². The zero-order chi connectivity index (χ0) is 18.8. The molecule has 1 aromatic carbocycles. The fourth-order valence-corrected chi connectivity index (χ4v) is 3.89. The Balaban J connectivity index is 1.68. The van der Waals surface area contributed by atoms with Crippen LogP contribution in [0.1, 0.15) is 18.9 Å². The molecule has 1 fully saturated rings.